The van der Waals surface area contributed by atoms with Gasteiger partial charge >= 0.3 is 0 Å². The van der Waals surface area contributed by atoms with E-state index in [1.165, 1.54) is 55.8 Å². The molecule has 0 radical (unpaired) electrons. The Kier molecular flexibility index (Phi) is 6.31. The van der Waals surface area contributed by atoms with Gasteiger partial charge in [0.2, 0.25) is 0 Å². The molecule has 0 spiro atoms. The van der Waals surface area contributed by atoms with Crippen molar-refractivity contribution >= 4 is 0 Å². The molecule has 2 heterocycles. The van der Waals surface area contributed by atoms with Gasteiger partial charge in [-0.2, -0.15) is 0 Å². The highest BCUT2D eigenvalue weighted by Crippen LogP contribution is 2.16. The molecule has 0 aliphatic carbocycles. The van der Waals surface area contributed by atoms with Crippen LogP contribution in [0.5, 0.6) is 0 Å². The monoisotopic (exact) mass is 291 g/mol. The molecule has 0 unspecified atom stereocenters. The number of nitrogens with one attached hydrogen (secondary N) is 1. The summed E-state index contributed by atoms with van der Waals surface area (Å²) in [5.41, 5.74) is 4.27. The molecular weight excluding hydrogens is 258 g/mol. The van der Waals surface area contributed by atoms with Gasteiger partial charge in [-0.3, -0.25) is 0 Å². The summed E-state index contributed by atoms with van der Waals surface area (Å²) >= 11 is 0. The second kappa shape index (κ2) is 8.00. The molecule has 1 aliphatic rings. The van der Waals surface area contributed by atoms with E-state index < -0.39 is 0 Å². The summed E-state index contributed by atoms with van der Waals surface area (Å²) in [6, 6.07) is 2.33. The highest BCUT2D eigenvalue weighted by Gasteiger charge is 2.14. The van der Waals surface area contributed by atoms with Crippen molar-refractivity contribution < 1.29 is 0 Å². The van der Waals surface area contributed by atoms with Crippen LogP contribution in [0.15, 0.2) is 6.07 Å². The Labute approximate surface area is 130 Å². The zero-order valence-electron chi connectivity index (χ0n) is 14.4. The van der Waals surface area contributed by atoms with Gasteiger partial charge in [-0.25, -0.2) is 0 Å². The van der Waals surface area contributed by atoms with Crippen molar-refractivity contribution in [3.05, 3.63) is 23.0 Å². The van der Waals surface area contributed by atoms with Gasteiger partial charge in [0.25, 0.3) is 0 Å². The molecule has 1 fully saturated rings. The van der Waals surface area contributed by atoms with E-state index in [0.717, 1.165) is 25.6 Å². The molecule has 1 saturated heterocycles. The predicted octanol–water partition coefficient (Wildman–Crippen LogP) is 3.34. The van der Waals surface area contributed by atoms with E-state index in [9.17, 15) is 0 Å². The molecule has 3 nitrogen and oxygen atoms in total. The third-order valence-electron chi connectivity index (χ3n) is 5.01. The molecule has 0 atom stereocenters. The SMILES string of the molecule is CCn1c(C)cc(CNCCCN2CCC(C)CC2)c1C. The minimum atomic E-state index is 0.938. The highest BCUT2D eigenvalue weighted by molar-refractivity contribution is 5.26. The zero-order chi connectivity index (χ0) is 15.2. The van der Waals surface area contributed by atoms with Crippen LogP contribution >= 0.6 is 0 Å². The fraction of sp³-hybridized carbons (Fsp3) is 0.778. The third kappa shape index (κ3) is 4.58. The molecule has 0 aromatic carbocycles. The molecule has 0 saturated carbocycles. The number of piperidine rings is 1. The fourth-order valence-corrected chi connectivity index (χ4v) is 3.47. The first kappa shape index (κ1) is 16.6. The fourth-order valence-electron chi connectivity index (χ4n) is 3.47. The lowest BCUT2D eigenvalue weighted by atomic mass is 9.99. The van der Waals surface area contributed by atoms with Crippen LogP contribution in [0.2, 0.25) is 0 Å². The van der Waals surface area contributed by atoms with Crippen LogP contribution in [0, 0.1) is 19.8 Å². The number of hydrogen-bond donors (Lipinski definition) is 1. The molecule has 0 bridgehead atoms. The van der Waals surface area contributed by atoms with Crippen LogP contribution in [0.3, 0.4) is 0 Å². The summed E-state index contributed by atoms with van der Waals surface area (Å²) in [6.07, 6.45) is 4.04. The summed E-state index contributed by atoms with van der Waals surface area (Å²) in [5.74, 6) is 0.938. The Hall–Kier alpha value is -0.800. The van der Waals surface area contributed by atoms with Gasteiger partial charge < -0.3 is 14.8 Å². The quantitative estimate of drug-likeness (QED) is 0.778. The molecule has 2 rings (SSSR count). The van der Waals surface area contributed by atoms with Gasteiger partial charge in [0.15, 0.2) is 0 Å². The largest absolute Gasteiger partial charge is 0.349 e. The standard InChI is InChI=1S/C18H33N3/c1-5-21-16(3)13-18(17(21)4)14-19-9-6-10-20-11-7-15(2)8-12-20/h13,15,19H,5-12,14H2,1-4H3. The van der Waals surface area contributed by atoms with Crippen LogP contribution in [-0.4, -0.2) is 35.6 Å². The summed E-state index contributed by atoms with van der Waals surface area (Å²) in [5, 5.41) is 3.62. The molecule has 1 N–H and O–H groups in total. The number of nitrogens with zero attached hydrogens (tertiary/aromatic N) is 2. The Morgan fingerprint density at radius 2 is 1.95 bits per heavy atom. The van der Waals surface area contributed by atoms with Crippen molar-refractivity contribution in [3.8, 4) is 0 Å². The smallest absolute Gasteiger partial charge is 0.0223 e. The van der Waals surface area contributed by atoms with Crippen LogP contribution in [0.1, 0.15) is 50.1 Å². The van der Waals surface area contributed by atoms with Crippen molar-refractivity contribution in [1.29, 1.82) is 0 Å². The van der Waals surface area contributed by atoms with E-state index >= 15 is 0 Å². The van der Waals surface area contributed by atoms with E-state index in [2.05, 4.69) is 48.5 Å². The lowest BCUT2D eigenvalue weighted by molar-refractivity contribution is 0.190. The zero-order valence-corrected chi connectivity index (χ0v) is 14.4. The van der Waals surface area contributed by atoms with Crippen molar-refractivity contribution in [3.63, 3.8) is 0 Å². The summed E-state index contributed by atoms with van der Waals surface area (Å²) in [4.78, 5) is 2.63. The van der Waals surface area contributed by atoms with Crippen LogP contribution < -0.4 is 5.32 Å². The maximum atomic E-state index is 3.62. The number of rotatable bonds is 7. The second-order valence-corrected chi connectivity index (χ2v) is 6.70. The first-order chi connectivity index (χ1) is 10.1. The maximum Gasteiger partial charge on any atom is 0.0223 e. The molecule has 1 aromatic rings. The van der Waals surface area contributed by atoms with Crippen molar-refractivity contribution in [2.24, 2.45) is 5.92 Å². The van der Waals surface area contributed by atoms with Gasteiger partial charge in [-0.15, -0.1) is 0 Å². The summed E-state index contributed by atoms with van der Waals surface area (Å²) in [6.45, 7) is 16.1. The van der Waals surface area contributed by atoms with Crippen LogP contribution in [0.25, 0.3) is 0 Å². The van der Waals surface area contributed by atoms with Gasteiger partial charge in [0.1, 0.15) is 0 Å². The number of aryl methyl sites for hydroxylation is 1. The Morgan fingerprint density at radius 1 is 1.24 bits per heavy atom. The highest BCUT2D eigenvalue weighted by atomic mass is 15.1. The first-order valence-corrected chi connectivity index (χ1v) is 8.70. The minimum absolute atomic E-state index is 0.938. The number of likely N-dealkylation sites (tertiary alicyclic amines) is 1. The van der Waals surface area contributed by atoms with Crippen molar-refractivity contribution in [2.75, 3.05) is 26.2 Å². The lowest BCUT2D eigenvalue weighted by Crippen LogP contribution is -2.34. The average molecular weight is 291 g/mol. The molecule has 0 amide bonds. The molecule has 1 aromatic heterocycles. The molecular formula is C18H33N3. The number of aromatic nitrogens is 1. The first-order valence-electron chi connectivity index (χ1n) is 8.70. The number of hydrogen-bond acceptors (Lipinski definition) is 2. The summed E-state index contributed by atoms with van der Waals surface area (Å²) in [7, 11) is 0. The average Bonchev–Trinajstić information content (AvgIpc) is 2.74. The summed E-state index contributed by atoms with van der Waals surface area (Å²) < 4.78 is 2.39. The van der Waals surface area contributed by atoms with Gasteiger partial charge in [0, 0.05) is 24.5 Å². The van der Waals surface area contributed by atoms with Crippen molar-refractivity contribution in [1.82, 2.24) is 14.8 Å². The Bertz CT molecular complexity index is 428. The van der Waals surface area contributed by atoms with Gasteiger partial charge in [0.05, 0.1) is 0 Å². The molecule has 1 aliphatic heterocycles. The molecule has 3 heteroatoms. The topological polar surface area (TPSA) is 20.2 Å². The molecule has 120 valence electrons. The van der Waals surface area contributed by atoms with Crippen LogP contribution in [0.4, 0.5) is 0 Å². The van der Waals surface area contributed by atoms with Gasteiger partial charge in [-0.05, 0) is 83.8 Å². The van der Waals surface area contributed by atoms with E-state index in [0.29, 0.717) is 0 Å². The Balaban J connectivity index is 1.64. The second-order valence-electron chi connectivity index (χ2n) is 6.70. The predicted molar refractivity (Wildman–Crippen MR) is 90.7 cm³/mol. The van der Waals surface area contributed by atoms with E-state index in [1.807, 2.05) is 0 Å². The normalized spacial score (nSPS) is 17.5. The third-order valence-corrected chi connectivity index (χ3v) is 5.01. The lowest BCUT2D eigenvalue weighted by Gasteiger charge is -2.30. The maximum absolute atomic E-state index is 3.62. The Morgan fingerprint density at radius 3 is 2.57 bits per heavy atom. The van der Waals surface area contributed by atoms with Crippen LogP contribution in [-0.2, 0) is 13.1 Å². The van der Waals surface area contributed by atoms with E-state index in [4.69, 9.17) is 0 Å². The van der Waals surface area contributed by atoms with E-state index in [1.54, 1.807) is 0 Å². The molecule has 21 heavy (non-hydrogen) atoms. The van der Waals surface area contributed by atoms with Crippen molar-refractivity contribution in [2.45, 2.75) is 60.0 Å². The van der Waals surface area contributed by atoms with E-state index in [-0.39, 0.29) is 0 Å². The minimum Gasteiger partial charge on any atom is -0.349 e. The van der Waals surface area contributed by atoms with Gasteiger partial charge in [-0.1, -0.05) is 6.92 Å².